The first-order valence-corrected chi connectivity index (χ1v) is 8.25. The van der Waals surface area contributed by atoms with E-state index in [1.165, 1.54) is 29.1 Å². The number of ether oxygens (including phenoxy) is 2. The maximum absolute atomic E-state index is 12.4. The maximum Gasteiger partial charge on any atom is 0.573 e. The van der Waals surface area contributed by atoms with E-state index < -0.39 is 12.3 Å². The van der Waals surface area contributed by atoms with Crippen LogP contribution in [0.4, 0.5) is 18.9 Å². The number of alkyl halides is 3. The van der Waals surface area contributed by atoms with Gasteiger partial charge in [0.2, 0.25) is 0 Å². The molecule has 28 heavy (non-hydrogen) atoms. The summed E-state index contributed by atoms with van der Waals surface area (Å²) >= 11 is 5.81. The average molecular weight is 412 g/mol. The fraction of sp³-hybridized carbons (Fsp3) is 0.111. The first-order valence-electron chi connectivity index (χ1n) is 7.87. The largest absolute Gasteiger partial charge is 0.573 e. The van der Waals surface area contributed by atoms with Gasteiger partial charge in [0.1, 0.15) is 17.2 Å². The number of benzene rings is 2. The Balaban J connectivity index is 1.62. The summed E-state index contributed by atoms with van der Waals surface area (Å²) in [7, 11) is 0. The molecule has 0 spiro atoms. The predicted molar refractivity (Wildman–Crippen MR) is 95.4 cm³/mol. The van der Waals surface area contributed by atoms with Crippen molar-refractivity contribution in [2.24, 2.45) is 0 Å². The molecule has 0 aliphatic rings. The van der Waals surface area contributed by atoms with Crippen LogP contribution in [0.3, 0.4) is 0 Å². The topological polar surface area (TPSA) is 65.4 Å². The van der Waals surface area contributed by atoms with Crippen molar-refractivity contribution in [3.8, 4) is 11.5 Å². The molecule has 0 atom stereocenters. The normalized spacial score (nSPS) is 11.1. The van der Waals surface area contributed by atoms with E-state index in [9.17, 15) is 18.0 Å². The molecule has 0 aliphatic heterocycles. The number of anilines is 1. The van der Waals surface area contributed by atoms with E-state index in [-0.39, 0.29) is 18.2 Å². The zero-order chi connectivity index (χ0) is 20.1. The number of nitrogens with zero attached hydrogens (tertiary/aromatic N) is 2. The van der Waals surface area contributed by atoms with Gasteiger partial charge in [-0.05, 0) is 54.6 Å². The monoisotopic (exact) mass is 411 g/mol. The van der Waals surface area contributed by atoms with E-state index in [0.717, 1.165) is 12.1 Å². The summed E-state index contributed by atoms with van der Waals surface area (Å²) in [4.78, 5) is 12.4. The third kappa shape index (κ3) is 5.40. The summed E-state index contributed by atoms with van der Waals surface area (Å²) in [5.74, 6) is -0.333. The molecule has 3 rings (SSSR count). The predicted octanol–water partition coefficient (Wildman–Crippen LogP) is 4.72. The molecule has 2 aromatic carbocycles. The van der Waals surface area contributed by atoms with E-state index in [1.807, 2.05) is 0 Å². The van der Waals surface area contributed by atoms with Gasteiger partial charge in [-0.25, -0.2) is 4.68 Å². The second-order valence-electron chi connectivity index (χ2n) is 5.47. The zero-order valence-electron chi connectivity index (χ0n) is 14.1. The number of nitrogens with one attached hydrogen (secondary N) is 1. The quantitative estimate of drug-likeness (QED) is 0.637. The molecule has 0 bridgehead atoms. The van der Waals surface area contributed by atoms with Crippen molar-refractivity contribution in [2.45, 2.75) is 13.1 Å². The van der Waals surface area contributed by atoms with E-state index in [4.69, 9.17) is 16.3 Å². The number of rotatable bonds is 6. The minimum absolute atomic E-state index is 0.0181. The molecule has 146 valence electrons. The van der Waals surface area contributed by atoms with Gasteiger partial charge in [0.05, 0.1) is 0 Å². The van der Waals surface area contributed by atoms with Crippen LogP contribution in [0.2, 0.25) is 5.02 Å². The Morgan fingerprint density at radius 3 is 2.32 bits per heavy atom. The second kappa shape index (κ2) is 8.22. The molecule has 6 nitrogen and oxygen atoms in total. The number of aromatic nitrogens is 2. The van der Waals surface area contributed by atoms with Crippen LogP contribution in [0.1, 0.15) is 10.5 Å². The molecule has 0 unspecified atom stereocenters. The zero-order valence-corrected chi connectivity index (χ0v) is 14.9. The van der Waals surface area contributed by atoms with Crippen LogP contribution in [-0.2, 0) is 6.73 Å². The van der Waals surface area contributed by atoms with Crippen LogP contribution in [0.25, 0.3) is 0 Å². The van der Waals surface area contributed by atoms with E-state index in [0.29, 0.717) is 16.5 Å². The molecule has 1 N–H and O–H groups in total. The molecule has 0 fully saturated rings. The number of hydrogen-bond donors (Lipinski definition) is 1. The molecule has 0 aliphatic carbocycles. The lowest BCUT2D eigenvalue weighted by Crippen LogP contribution is -2.20. The van der Waals surface area contributed by atoms with Crippen LogP contribution in [0.5, 0.6) is 11.5 Å². The van der Waals surface area contributed by atoms with Gasteiger partial charge >= 0.3 is 6.36 Å². The lowest BCUT2D eigenvalue weighted by atomic mass is 10.3. The van der Waals surface area contributed by atoms with Gasteiger partial charge in [-0.1, -0.05) is 11.6 Å². The lowest BCUT2D eigenvalue weighted by Gasteiger charge is -2.11. The number of hydrogen-bond acceptors (Lipinski definition) is 4. The molecule has 0 radical (unpaired) electrons. The van der Waals surface area contributed by atoms with Crippen molar-refractivity contribution in [3.05, 3.63) is 71.5 Å². The fourth-order valence-electron chi connectivity index (χ4n) is 2.23. The second-order valence-corrected chi connectivity index (χ2v) is 5.91. The van der Waals surface area contributed by atoms with Crippen molar-refractivity contribution in [3.63, 3.8) is 0 Å². The first-order chi connectivity index (χ1) is 13.3. The Morgan fingerprint density at radius 2 is 1.68 bits per heavy atom. The molecule has 1 amide bonds. The van der Waals surface area contributed by atoms with E-state index in [1.54, 1.807) is 24.3 Å². The van der Waals surface area contributed by atoms with Crippen molar-refractivity contribution in [1.82, 2.24) is 9.78 Å². The van der Waals surface area contributed by atoms with Gasteiger partial charge in [-0.2, -0.15) is 5.10 Å². The minimum atomic E-state index is -4.78. The van der Waals surface area contributed by atoms with Gasteiger partial charge < -0.3 is 14.8 Å². The van der Waals surface area contributed by atoms with Crippen molar-refractivity contribution < 1.29 is 27.4 Å². The summed E-state index contributed by atoms with van der Waals surface area (Å²) < 4.78 is 47.2. The van der Waals surface area contributed by atoms with Crippen molar-refractivity contribution in [2.75, 3.05) is 5.32 Å². The van der Waals surface area contributed by atoms with Gasteiger partial charge in [-0.3, -0.25) is 4.79 Å². The molecule has 0 saturated heterocycles. The minimum Gasteiger partial charge on any atom is -0.471 e. The summed E-state index contributed by atoms with van der Waals surface area (Å²) in [5, 5.41) is 7.16. The number of carbonyl (C=O) groups is 1. The summed E-state index contributed by atoms with van der Waals surface area (Å²) in [6.07, 6.45) is -3.35. The molecule has 1 heterocycles. The van der Waals surface area contributed by atoms with Gasteiger partial charge in [0, 0.05) is 16.9 Å². The Morgan fingerprint density at radius 1 is 1.04 bits per heavy atom. The summed E-state index contributed by atoms with van der Waals surface area (Å²) in [6.45, 7) is -0.0181. The van der Waals surface area contributed by atoms with Crippen molar-refractivity contribution in [1.29, 1.82) is 0 Å². The average Bonchev–Trinajstić information content (AvgIpc) is 3.10. The standard InChI is InChI=1S/C18H13ClF3N3O3/c19-12-1-5-14(6-2-12)27-11-25-16(9-10-23-25)17(26)24-13-3-7-15(8-4-13)28-18(20,21)22/h1-10H,11H2,(H,24,26). The number of carbonyl (C=O) groups excluding carboxylic acids is 1. The van der Waals surface area contributed by atoms with Gasteiger partial charge in [-0.15, -0.1) is 13.2 Å². The molecule has 0 saturated carbocycles. The van der Waals surface area contributed by atoms with Crippen LogP contribution < -0.4 is 14.8 Å². The lowest BCUT2D eigenvalue weighted by molar-refractivity contribution is -0.274. The molecule has 10 heteroatoms. The third-order valence-electron chi connectivity index (χ3n) is 3.46. The van der Waals surface area contributed by atoms with Crippen LogP contribution >= 0.6 is 11.6 Å². The van der Waals surface area contributed by atoms with Crippen LogP contribution in [-0.4, -0.2) is 22.1 Å². The SMILES string of the molecule is O=C(Nc1ccc(OC(F)(F)F)cc1)c1ccnn1COc1ccc(Cl)cc1. The molecule has 1 aromatic heterocycles. The highest BCUT2D eigenvalue weighted by Gasteiger charge is 2.31. The summed E-state index contributed by atoms with van der Waals surface area (Å²) in [5.41, 5.74) is 0.510. The highest BCUT2D eigenvalue weighted by atomic mass is 35.5. The van der Waals surface area contributed by atoms with Crippen molar-refractivity contribution >= 4 is 23.2 Å². The summed E-state index contributed by atoms with van der Waals surface area (Å²) in [6, 6.07) is 13.0. The van der Waals surface area contributed by atoms with E-state index >= 15 is 0 Å². The Labute approximate surface area is 162 Å². The third-order valence-corrected chi connectivity index (χ3v) is 3.71. The number of amides is 1. The first kappa shape index (κ1) is 19.6. The van der Waals surface area contributed by atoms with Gasteiger partial charge in [0.25, 0.3) is 5.91 Å². The molecular weight excluding hydrogens is 399 g/mol. The van der Waals surface area contributed by atoms with Crippen LogP contribution in [0.15, 0.2) is 60.8 Å². The number of halogens is 4. The smallest absolute Gasteiger partial charge is 0.471 e. The maximum atomic E-state index is 12.4. The molecule has 3 aromatic rings. The Kier molecular flexibility index (Phi) is 5.74. The van der Waals surface area contributed by atoms with Crippen LogP contribution in [0, 0.1) is 0 Å². The Bertz CT molecular complexity index is 941. The fourth-order valence-corrected chi connectivity index (χ4v) is 2.36. The molecular formula is C18H13ClF3N3O3. The Hall–Kier alpha value is -3.20. The highest BCUT2D eigenvalue weighted by molar-refractivity contribution is 6.30. The highest BCUT2D eigenvalue weighted by Crippen LogP contribution is 2.24. The van der Waals surface area contributed by atoms with E-state index in [2.05, 4.69) is 15.2 Å². The van der Waals surface area contributed by atoms with Gasteiger partial charge in [0.15, 0.2) is 6.73 Å².